The normalized spacial score (nSPS) is 19.3. The number of carbonyl (C=O) groups excluding carboxylic acids is 1. The third-order valence-electron chi connectivity index (χ3n) is 6.03. The highest BCUT2D eigenvalue weighted by Crippen LogP contribution is 2.39. The lowest BCUT2D eigenvalue weighted by molar-refractivity contribution is -0.245. The molecule has 1 saturated heterocycles. The molecule has 196 valence electrons. The number of nitrogens with zero attached hydrogens (tertiary/aromatic N) is 4. The molecule has 0 radical (unpaired) electrons. The summed E-state index contributed by atoms with van der Waals surface area (Å²) >= 11 is 1.47. The Morgan fingerprint density at radius 2 is 1.87 bits per heavy atom. The molecule has 4 aromatic rings. The molecule has 0 saturated carbocycles. The first kappa shape index (κ1) is 25.9. The van der Waals surface area contributed by atoms with E-state index in [0.29, 0.717) is 23.0 Å². The van der Waals surface area contributed by atoms with Crippen molar-refractivity contribution in [2.75, 3.05) is 11.1 Å². The number of aliphatic hydroxyl groups is 1. The second-order valence-corrected chi connectivity index (χ2v) is 9.84. The Labute approximate surface area is 223 Å². The number of amides is 1. The summed E-state index contributed by atoms with van der Waals surface area (Å²) in [6.07, 6.45) is -0.493. The number of tetrazole rings is 1. The number of carbonyl (C=O) groups is 1. The Bertz CT molecular complexity index is 1380. The van der Waals surface area contributed by atoms with Gasteiger partial charge >= 0.3 is 0 Å². The Kier molecular flexibility index (Phi) is 7.99. The zero-order valence-corrected chi connectivity index (χ0v) is 21.4. The van der Waals surface area contributed by atoms with Gasteiger partial charge in [0.1, 0.15) is 5.75 Å². The average Bonchev–Trinajstić information content (AvgIpc) is 3.41. The van der Waals surface area contributed by atoms with Crippen LogP contribution in [0.3, 0.4) is 0 Å². The summed E-state index contributed by atoms with van der Waals surface area (Å²) in [6, 6.07) is 21.8. The maximum Gasteiger partial charge on any atom is 0.221 e. The van der Waals surface area contributed by atoms with Gasteiger partial charge < -0.3 is 25.0 Å². The number of nitrogens with one attached hydrogen (secondary N) is 1. The van der Waals surface area contributed by atoms with E-state index in [-0.39, 0.29) is 30.5 Å². The number of aliphatic hydroxyl groups excluding tert-OH is 1. The molecule has 10 nitrogen and oxygen atoms in total. The highest BCUT2D eigenvalue weighted by molar-refractivity contribution is 7.99. The maximum atomic E-state index is 11.6. The molecule has 1 fully saturated rings. The summed E-state index contributed by atoms with van der Waals surface area (Å²) in [6.45, 7) is 1.44. The summed E-state index contributed by atoms with van der Waals surface area (Å²) in [7, 11) is 0. The number of thioether (sulfide) groups is 1. The van der Waals surface area contributed by atoms with Crippen LogP contribution in [0, 0.1) is 0 Å². The molecule has 1 aliphatic rings. The van der Waals surface area contributed by atoms with Crippen molar-refractivity contribution in [3.8, 4) is 11.4 Å². The number of rotatable bonds is 8. The van der Waals surface area contributed by atoms with Crippen molar-refractivity contribution in [1.29, 1.82) is 0 Å². The SMILES string of the molecule is CC(=O)Nc1cccc([C@@H]2O[C@H](CSc3nnnn3-c3ccc(O)cc3)C[C@H](c3ccc(CO)cc3)O2)c1. The number of phenolic OH excluding ortho intramolecular Hbond substituents is 1. The molecule has 0 unspecified atom stereocenters. The van der Waals surface area contributed by atoms with Crippen molar-refractivity contribution in [3.63, 3.8) is 0 Å². The quantitative estimate of drug-likeness (QED) is 0.286. The number of hydrogen-bond acceptors (Lipinski definition) is 9. The van der Waals surface area contributed by atoms with Crippen LogP contribution in [0.2, 0.25) is 0 Å². The van der Waals surface area contributed by atoms with E-state index in [1.807, 2.05) is 48.5 Å². The van der Waals surface area contributed by atoms with E-state index < -0.39 is 6.29 Å². The zero-order chi connectivity index (χ0) is 26.5. The molecular formula is C27H27N5O5S. The molecule has 1 aromatic heterocycles. The van der Waals surface area contributed by atoms with E-state index >= 15 is 0 Å². The van der Waals surface area contributed by atoms with Crippen LogP contribution >= 0.6 is 11.8 Å². The minimum Gasteiger partial charge on any atom is -0.508 e. The highest BCUT2D eigenvalue weighted by Gasteiger charge is 2.33. The average molecular weight is 534 g/mol. The monoisotopic (exact) mass is 533 g/mol. The number of phenols is 1. The lowest BCUT2D eigenvalue weighted by Crippen LogP contribution is -2.31. The predicted octanol–water partition coefficient (Wildman–Crippen LogP) is 4.16. The molecule has 1 amide bonds. The number of aromatic hydroxyl groups is 1. The van der Waals surface area contributed by atoms with Gasteiger partial charge in [0.25, 0.3) is 0 Å². The van der Waals surface area contributed by atoms with Gasteiger partial charge in [-0.3, -0.25) is 4.79 Å². The molecule has 3 aromatic carbocycles. The molecule has 5 rings (SSSR count). The fourth-order valence-electron chi connectivity index (χ4n) is 4.18. The van der Waals surface area contributed by atoms with E-state index in [4.69, 9.17) is 9.47 Å². The van der Waals surface area contributed by atoms with E-state index in [0.717, 1.165) is 22.4 Å². The third kappa shape index (κ3) is 6.20. The van der Waals surface area contributed by atoms with Crippen molar-refractivity contribution >= 4 is 23.4 Å². The molecule has 3 atom stereocenters. The molecule has 1 aliphatic heterocycles. The smallest absolute Gasteiger partial charge is 0.221 e. The summed E-state index contributed by atoms with van der Waals surface area (Å²) in [5, 5.41) is 34.5. The molecule has 11 heteroatoms. The standard InChI is InChI=1S/C27H27N5O5S/c1-17(34)28-21-4-2-3-20(13-21)26-36-24(14-25(37-26)19-7-5-18(15-33)6-8-19)16-38-27-29-30-31-32(27)22-9-11-23(35)12-10-22/h2-13,24-26,33,35H,14-16H2,1H3,(H,28,34)/t24-,25+,26+/m0/s1. The first-order valence-electron chi connectivity index (χ1n) is 12.1. The van der Waals surface area contributed by atoms with E-state index in [1.54, 1.807) is 28.9 Å². The molecule has 0 aliphatic carbocycles. The molecular weight excluding hydrogens is 506 g/mol. The Morgan fingerprint density at radius 1 is 1.08 bits per heavy atom. The molecule has 0 spiro atoms. The van der Waals surface area contributed by atoms with Crippen LogP contribution in [0.15, 0.2) is 78.0 Å². The Morgan fingerprint density at radius 3 is 2.61 bits per heavy atom. The van der Waals surface area contributed by atoms with Gasteiger partial charge in [0.2, 0.25) is 11.1 Å². The number of anilines is 1. The van der Waals surface area contributed by atoms with E-state index in [2.05, 4.69) is 20.8 Å². The first-order valence-corrected chi connectivity index (χ1v) is 13.1. The van der Waals surface area contributed by atoms with Crippen LogP contribution in [0.25, 0.3) is 5.69 Å². The van der Waals surface area contributed by atoms with Crippen molar-refractivity contribution in [1.82, 2.24) is 20.2 Å². The van der Waals surface area contributed by atoms with E-state index in [9.17, 15) is 15.0 Å². The fourth-order valence-corrected chi connectivity index (χ4v) is 5.09. The number of benzene rings is 3. The van der Waals surface area contributed by atoms with Crippen molar-refractivity contribution in [2.24, 2.45) is 0 Å². The van der Waals surface area contributed by atoms with Gasteiger partial charge in [-0.15, -0.1) is 5.10 Å². The Hall–Kier alpha value is -3.77. The molecule has 3 N–H and O–H groups in total. The van der Waals surface area contributed by atoms with Crippen LogP contribution in [0.4, 0.5) is 5.69 Å². The maximum absolute atomic E-state index is 11.6. The minimum atomic E-state index is -0.654. The van der Waals surface area contributed by atoms with E-state index in [1.165, 1.54) is 18.7 Å². The van der Waals surface area contributed by atoms with Gasteiger partial charge in [0.05, 0.1) is 24.5 Å². The number of aromatic nitrogens is 4. The van der Waals surface area contributed by atoms with Crippen LogP contribution in [-0.4, -0.2) is 48.2 Å². The van der Waals surface area contributed by atoms with Crippen LogP contribution in [0.1, 0.15) is 42.4 Å². The van der Waals surface area contributed by atoms with Gasteiger partial charge in [0, 0.05) is 30.3 Å². The number of hydrogen-bond donors (Lipinski definition) is 3. The lowest BCUT2D eigenvalue weighted by atomic mass is 10.0. The summed E-state index contributed by atoms with van der Waals surface area (Å²) in [5.74, 6) is 0.572. The second-order valence-electron chi connectivity index (χ2n) is 8.86. The van der Waals surface area contributed by atoms with Crippen LogP contribution in [0.5, 0.6) is 5.75 Å². The summed E-state index contributed by atoms with van der Waals surface area (Å²) in [5.41, 5.74) is 4.00. The topological polar surface area (TPSA) is 132 Å². The van der Waals surface area contributed by atoms with Crippen molar-refractivity contribution < 1.29 is 24.5 Å². The van der Waals surface area contributed by atoms with Gasteiger partial charge in [-0.2, -0.15) is 4.68 Å². The van der Waals surface area contributed by atoms with Crippen molar-refractivity contribution in [2.45, 2.75) is 43.6 Å². The van der Waals surface area contributed by atoms with Crippen molar-refractivity contribution in [3.05, 3.63) is 89.5 Å². The molecule has 0 bridgehead atoms. The summed E-state index contributed by atoms with van der Waals surface area (Å²) < 4.78 is 14.4. The van der Waals surface area contributed by atoms with Gasteiger partial charge in [-0.25, -0.2) is 0 Å². The fraction of sp³-hybridized carbons (Fsp3) is 0.259. The lowest BCUT2D eigenvalue weighted by Gasteiger charge is -2.36. The van der Waals surface area contributed by atoms with Crippen LogP contribution in [-0.2, 0) is 20.9 Å². The first-order chi connectivity index (χ1) is 18.5. The molecule has 2 heterocycles. The van der Waals surface area contributed by atoms with Gasteiger partial charge in [-0.1, -0.05) is 48.2 Å². The second kappa shape index (κ2) is 11.7. The Balaban J connectivity index is 1.36. The van der Waals surface area contributed by atoms with Gasteiger partial charge in [0.15, 0.2) is 6.29 Å². The predicted molar refractivity (Wildman–Crippen MR) is 141 cm³/mol. The molecule has 38 heavy (non-hydrogen) atoms. The third-order valence-corrected chi connectivity index (χ3v) is 7.08. The number of ether oxygens (including phenoxy) is 2. The van der Waals surface area contributed by atoms with Crippen LogP contribution < -0.4 is 5.32 Å². The minimum absolute atomic E-state index is 0.0253. The summed E-state index contributed by atoms with van der Waals surface area (Å²) in [4.78, 5) is 11.6. The zero-order valence-electron chi connectivity index (χ0n) is 20.6. The largest absolute Gasteiger partial charge is 0.508 e. The van der Waals surface area contributed by atoms with Gasteiger partial charge in [-0.05, 0) is 58.0 Å². The highest BCUT2D eigenvalue weighted by atomic mass is 32.2.